The van der Waals surface area contributed by atoms with Crippen LogP contribution in [0, 0.1) is 0 Å². The normalized spacial score (nSPS) is 18.2. The molecule has 1 atom stereocenters. The van der Waals surface area contributed by atoms with E-state index in [4.69, 9.17) is 14.2 Å². The van der Waals surface area contributed by atoms with Gasteiger partial charge in [-0.15, -0.1) is 0 Å². The summed E-state index contributed by atoms with van der Waals surface area (Å²) in [5.41, 5.74) is 1.16. The number of fused-ring (bicyclic) bond motifs is 2. The zero-order valence-corrected chi connectivity index (χ0v) is 21.4. The second-order valence-corrected chi connectivity index (χ2v) is 11.0. The fraction of sp³-hybridized carbons (Fsp3) is 0.500. The van der Waals surface area contributed by atoms with Crippen LogP contribution in [0.15, 0.2) is 42.5 Å². The minimum atomic E-state index is -3.54. The number of ether oxygens (including phenoxy) is 3. The van der Waals surface area contributed by atoms with E-state index in [2.05, 4.69) is 19.2 Å². The van der Waals surface area contributed by atoms with Gasteiger partial charge in [0.25, 0.3) is 0 Å². The van der Waals surface area contributed by atoms with Gasteiger partial charge in [0.1, 0.15) is 24.6 Å². The standard InChI is InChI=1S/C26H34N2O6S/c1-4-26(5-2)18-21(20-9-6-7-10-22(20)34-26)27-25(29)11-8-14-28(35(3,30)31)19-12-13-23-24(17-19)33-16-15-32-23/h6-7,9-10,12-13,17,21H,4-5,8,11,14-16,18H2,1-3H3,(H,27,29)/t21-/m1/s1. The quantitative estimate of drug-likeness (QED) is 0.552. The van der Waals surface area contributed by atoms with Crippen LogP contribution in [-0.2, 0) is 14.8 Å². The summed E-state index contributed by atoms with van der Waals surface area (Å²) in [7, 11) is -3.54. The summed E-state index contributed by atoms with van der Waals surface area (Å²) in [5, 5.41) is 3.17. The average Bonchev–Trinajstić information content (AvgIpc) is 2.85. The molecule has 8 nitrogen and oxygen atoms in total. The molecule has 2 aromatic rings. The second kappa shape index (κ2) is 10.4. The van der Waals surface area contributed by atoms with Gasteiger partial charge in [-0.2, -0.15) is 0 Å². The SMILES string of the molecule is CCC1(CC)C[C@@H](NC(=O)CCCN(c2ccc3c(c2)OCCO3)S(C)(=O)=O)c2ccccc2O1. The monoisotopic (exact) mass is 502 g/mol. The molecule has 190 valence electrons. The van der Waals surface area contributed by atoms with E-state index in [1.165, 1.54) is 4.31 Å². The minimum Gasteiger partial charge on any atom is -0.487 e. The van der Waals surface area contributed by atoms with E-state index < -0.39 is 10.0 Å². The summed E-state index contributed by atoms with van der Waals surface area (Å²) in [5.74, 6) is 1.83. The zero-order chi connectivity index (χ0) is 25.1. The number of anilines is 1. The maximum Gasteiger partial charge on any atom is 0.232 e. The Hall–Kier alpha value is -2.94. The van der Waals surface area contributed by atoms with Crippen LogP contribution in [-0.4, -0.2) is 45.9 Å². The van der Waals surface area contributed by atoms with Gasteiger partial charge in [-0.3, -0.25) is 9.10 Å². The molecular weight excluding hydrogens is 468 g/mol. The van der Waals surface area contributed by atoms with Crippen molar-refractivity contribution in [1.82, 2.24) is 5.32 Å². The van der Waals surface area contributed by atoms with Gasteiger partial charge in [0.2, 0.25) is 15.9 Å². The number of amides is 1. The summed E-state index contributed by atoms with van der Waals surface area (Å²) in [6.45, 7) is 5.28. The third-order valence-corrected chi connectivity index (χ3v) is 7.99. The first-order valence-electron chi connectivity index (χ1n) is 12.2. The van der Waals surface area contributed by atoms with Crippen molar-refractivity contribution in [3.05, 3.63) is 48.0 Å². The Bertz CT molecular complexity index is 1160. The molecular formula is C26H34N2O6S. The van der Waals surface area contributed by atoms with E-state index in [9.17, 15) is 13.2 Å². The number of carbonyl (C=O) groups excluding carboxylic acids is 1. The molecule has 0 aliphatic carbocycles. The van der Waals surface area contributed by atoms with Crippen LogP contribution in [0.4, 0.5) is 5.69 Å². The van der Waals surface area contributed by atoms with Crippen molar-refractivity contribution >= 4 is 21.6 Å². The Labute approximate surface area is 207 Å². The lowest BCUT2D eigenvalue weighted by molar-refractivity contribution is -0.122. The number of rotatable bonds is 9. The van der Waals surface area contributed by atoms with Gasteiger partial charge < -0.3 is 19.5 Å². The van der Waals surface area contributed by atoms with E-state index in [-0.39, 0.29) is 30.5 Å². The number of benzene rings is 2. The Morgan fingerprint density at radius 3 is 2.49 bits per heavy atom. The van der Waals surface area contributed by atoms with Gasteiger partial charge in [-0.05, 0) is 37.5 Å². The van der Waals surface area contributed by atoms with E-state index >= 15 is 0 Å². The highest BCUT2D eigenvalue weighted by molar-refractivity contribution is 7.92. The molecule has 0 saturated carbocycles. The summed E-state index contributed by atoms with van der Waals surface area (Å²) in [6.07, 6.45) is 4.16. The van der Waals surface area contributed by atoms with Gasteiger partial charge in [0, 0.05) is 31.0 Å². The van der Waals surface area contributed by atoms with E-state index in [0.717, 1.165) is 30.4 Å². The Morgan fingerprint density at radius 1 is 1.06 bits per heavy atom. The molecule has 0 aromatic heterocycles. The maximum atomic E-state index is 12.9. The van der Waals surface area contributed by atoms with Gasteiger partial charge in [0.15, 0.2) is 11.5 Å². The first kappa shape index (κ1) is 25.2. The first-order chi connectivity index (χ1) is 16.7. The predicted molar refractivity (Wildman–Crippen MR) is 135 cm³/mol. The molecule has 35 heavy (non-hydrogen) atoms. The van der Waals surface area contributed by atoms with Crippen LogP contribution >= 0.6 is 0 Å². The number of sulfonamides is 1. The number of carbonyl (C=O) groups is 1. The van der Waals surface area contributed by atoms with Gasteiger partial charge in [-0.25, -0.2) is 8.42 Å². The molecule has 4 rings (SSSR count). The molecule has 1 amide bonds. The van der Waals surface area contributed by atoms with E-state index in [1.54, 1.807) is 18.2 Å². The summed E-state index contributed by atoms with van der Waals surface area (Å²) in [4.78, 5) is 12.9. The van der Waals surface area contributed by atoms with Crippen molar-refractivity contribution in [2.75, 3.05) is 30.3 Å². The Morgan fingerprint density at radius 2 is 1.77 bits per heavy atom. The summed E-state index contributed by atoms with van der Waals surface area (Å²) < 4.78 is 43.8. The second-order valence-electron chi connectivity index (χ2n) is 9.12. The van der Waals surface area contributed by atoms with Crippen molar-refractivity contribution in [2.45, 2.75) is 57.6 Å². The van der Waals surface area contributed by atoms with Gasteiger partial charge >= 0.3 is 0 Å². The van der Waals surface area contributed by atoms with Crippen LogP contribution in [0.5, 0.6) is 17.2 Å². The largest absolute Gasteiger partial charge is 0.487 e. The molecule has 1 N–H and O–H groups in total. The fourth-order valence-corrected chi connectivity index (χ4v) is 5.71. The topological polar surface area (TPSA) is 94.2 Å². The molecule has 2 aliphatic rings. The van der Waals surface area contributed by atoms with E-state index in [0.29, 0.717) is 43.2 Å². The molecule has 2 aliphatic heterocycles. The van der Waals surface area contributed by atoms with Crippen LogP contribution < -0.4 is 23.8 Å². The van der Waals surface area contributed by atoms with Crippen LogP contribution in [0.2, 0.25) is 0 Å². The summed E-state index contributed by atoms with van der Waals surface area (Å²) in [6, 6.07) is 12.8. The van der Waals surface area contributed by atoms with Crippen LogP contribution in [0.3, 0.4) is 0 Å². The molecule has 2 heterocycles. The van der Waals surface area contributed by atoms with Gasteiger partial charge in [-0.1, -0.05) is 32.0 Å². The first-order valence-corrected chi connectivity index (χ1v) is 14.0. The van der Waals surface area contributed by atoms with Crippen molar-refractivity contribution < 1.29 is 27.4 Å². The highest BCUT2D eigenvalue weighted by atomic mass is 32.2. The highest BCUT2D eigenvalue weighted by Gasteiger charge is 2.38. The Balaban J connectivity index is 1.41. The molecule has 0 bridgehead atoms. The zero-order valence-electron chi connectivity index (χ0n) is 20.6. The lowest BCUT2D eigenvalue weighted by atomic mass is 9.83. The third-order valence-electron chi connectivity index (χ3n) is 6.80. The fourth-order valence-electron chi connectivity index (χ4n) is 4.75. The molecule has 2 aromatic carbocycles. The molecule has 0 spiro atoms. The molecule has 0 unspecified atom stereocenters. The predicted octanol–water partition coefficient (Wildman–Crippen LogP) is 4.20. The number of para-hydroxylation sites is 1. The van der Waals surface area contributed by atoms with Gasteiger partial charge in [0.05, 0.1) is 18.0 Å². The van der Waals surface area contributed by atoms with E-state index in [1.807, 2.05) is 24.3 Å². The smallest absolute Gasteiger partial charge is 0.232 e. The number of nitrogens with zero attached hydrogens (tertiary/aromatic N) is 1. The molecule has 0 saturated heterocycles. The third kappa shape index (κ3) is 5.66. The molecule has 0 radical (unpaired) electrons. The summed E-state index contributed by atoms with van der Waals surface area (Å²) >= 11 is 0. The van der Waals surface area contributed by atoms with Crippen molar-refractivity contribution in [2.24, 2.45) is 0 Å². The number of nitrogens with one attached hydrogen (secondary N) is 1. The average molecular weight is 503 g/mol. The maximum absolute atomic E-state index is 12.9. The molecule has 9 heteroatoms. The lowest BCUT2D eigenvalue weighted by Crippen LogP contribution is -2.44. The lowest BCUT2D eigenvalue weighted by Gasteiger charge is -2.41. The van der Waals surface area contributed by atoms with Crippen LogP contribution in [0.25, 0.3) is 0 Å². The van der Waals surface area contributed by atoms with Crippen molar-refractivity contribution in [3.63, 3.8) is 0 Å². The van der Waals surface area contributed by atoms with Crippen molar-refractivity contribution in [1.29, 1.82) is 0 Å². The Kier molecular flexibility index (Phi) is 7.44. The number of hydrogen-bond donors (Lipinski definition) is 1. The van der Waals surface area contributed by atoms with Crippen molar-refractivity contribution in [3.8, 4) is 17.2 Å². The van der Waals surface area contributed by atoms with Crippen LogP contribution in [0.1, 0.15) is 57.6 Å². The minimum absolute atomic E-state index is 0.108. The molecule has 0 fully saturated rings. The highest BCUT2D eigenvalue weighted by Crippen LogP contribution is 2.42. The number of hydrogen-bond acceptors (Lipinski definition) is 6.